The van der Waals surface area contributed by atoms with Gasteiger partial charge in [0.05, 0.1) is 12.7 Å². The molecule has 3 nitrogen and oxygen atoms in total. The van der Waals surface area contributed by atoms with E-state index in [1.54, 1.807) is 7.11 Å². The Kier molecular flexibility index (Phi) is 3.93. The summed E-state index contributed by atoms with van der Waals surface area (Å²) in [5, 5.41) is 10.2. The lowest BCUT2D eigenvalue weighted by atomic mass is 9.96. The smallest absolute Gasteiger partial charge is 0.119 e. The summed E-state index contributed by atoms with van der Waals surface area (Å²) in [6.07, 6.45) is 2.24. The van der Waals surface area contributed by atoms with Gasteiger partial charge in [-0.15, -0.1) is 0 Å². The molecular formula is C15H23NO2. The summed E-state index contributed by atoms with van der Waals surface area (Å²) in [4.78, 5) is 2.37. The Morgan fingerprint density at radius 2 is 2.22 bits per heavy atom. The highest BCUT2D eigenvalue weighted by molar-refractivity contribution is 5.28. The lowest BCUT2D eigenvalue weighted by Crippen LogP contribution is -2.45. The van der Waals surface area contributed by atoms with E-state index < -0.39 is 5.60 Å². The Hall–Kier alpha value is -1.06. The van der Waals surface area contributed by atoms with Crippen LogP contribution in [0.3, 0.4) is 0 Å². The molecule has 1 aromatic rings. The standard InChI is InChI=1S/C15H23NO2/c1-15(2,17)14-8-5-9-16(14)11-12-6-4-7-13(10-12)18-3/h4,6-7,10,14,17H,5,8-9,11H2,1-3H3. The predicted octanol–water partition coefficient (Wildman–Crippen LogP) is 2.43. The molecule has 0 bridgehead atoms. The van der Waals surface area contributed by atoms with E-state index in [9.17, 15) is 5.11 Å². The van der Waals surface area contributed by atoms with Gasteiger partial charge in [0.2, 0.25) is 0 Å². The number of hydrogen-bond acceptors (Lipinski definition) is 3. The number of benzene rings is 1. The average Bonchev–Trinajstić information content (AvgIpc) is 2.77. The Balaban J connectivity index is 2.08. The van der Waals surface area contributed by atoms with Crippen LogP contribution in [0.1, 0.15) is 32.3 Å². The first-order chi connectivity index (χ1) is 8.50. The molecule has 1 fully saturated rings. The molecule has 0 aromatic heterocycles. The van der Waals surface area contributed by atoms with E-state index in [2.05, 4.69) is 17.0 Å². The summed E-state index contributed by atoms with van der Waals surface area (Å²) < 4.78 is 5.25. The van der Waals surface area contributed by atoms with E-state index in [1.165, 1.54) is 12.0 Å². The predicted molar refractivity (Wildman–Crippen MR) is 72.7 cm³/mol. The van der Waals surface area contributed by atoms with Gasteiger partial charge in [0, 0.05) is 12.6 Å². The van der Waals surface area contributed by atoms with Crippen molar-refractivity contribution in [2.45, 2.75) is 44.9 Å². The van der Waals surface area contributed by atoms with E-state index >= 15 is 0 Å². The number of hydrogen-bond donors (Lipinski definition) is 1. The van der Waals surface area contributed by atoms with Crippen molar-refractivity contribution in [2.24, 2.45) is 0 Å². The van der Waals surface area contributed by atoms with Gasteiger partial charge in [0.15, 0.2) is 0 Å². The molecule has 1 aliphatic heterocycles. The van der Waals surface area contributed by atoms with Crippen LogP contribution in [0.2, 0.25) is 0 Å². The second kappa shape index (κ2) is 5.29. The van der Waals surface area contributed by atoms with Gasteiger partial charge >= 0.3 is 0 Å². The molecule has 3 heteroatoms. The normalized spacial score (nSPS) is 21.2. The van der Waals surface area contributed by atoms with Gasteiger partial charge in [0.25, 0.3) is 0 Å². The van der Waals surface area contributed by atoms with E-state index in [4.69, 9.17) is 4.74 Å². The minimum absolute atomic E-state index is 0.253. The van der Waals surface area contributed by atoms with Crippen LogP contribution in [-0.4, -0.2) is 35.3 Å². The zero-order valence-electron chi connectivity index (χ0n) is 11.5. The van der Waals surface area contributed by atoms with Crippen molar-refractivity contribution < 1.29 is 9.84 Å². The average molecular weight is 249 g/mol. The molecule has 100 valence electrons. The molecule has 1 aromatic carbocycles. The minimum Gasteiger partial charge on any atom is -0.497 e. The van der Waals surface area contributed by atoms with Crippen molar-refractivity contribution in [2.75, 3.05) is 13.7 Å². The molecule has 1 aliphatic rings. The van der Waals surface area contributed by atoms with Gasteiger partial charge in [0.1, 0.15) is 5.75 Å². The number of methoxy groups -OCH3 is 1. The van der Waals surface area contributed by atoms with Crippen molar-refractivity contribution in [3.63, 3.8) is 0 Å². The molecule has 18 heavy (non-hydrogen) atoms. The van der Waals surface area contributed by atoms with Gasteiger partial charge in [-0.2, -0.15) is 0 Å². The maximum absolute atomic E-state index is 10.2. The first-order valence-electron chi connectivity index (χ1n) is 6.60. The molecule has 0 aliphatic carbocycles. The second-order valence-corrected chi connectivity index (χ2v) is 5.63. The summed E-state index contributed by atoms with van der Waals surface area (Å²) in [6, 6.07) is 8.41. The topological polar surface area (TPSA) is 32.7 Å². The molecule has 1 heterocycles. The van der Waals surface area contributed by atoms with E-state index in [0.29, 0.717) is 0 Å². The van der Waals surface area contributed by atoms with Crippen LogP contribution in [0.25, 0.3) is 0 Å². The van der Waals surface area contributed by atoms with Crippen LogP contribution in [0, 0.1) is 0 Å². The fourth-order valence-corrected chi connectivity index (χ4v) is 2.82. The summed E-state index contributed by atoms with van der Waals surface area (Å²) in [6.45, 7) is 5.75. The Bertz CT molecular complexity index is 398. The van der Waals surface area contributed by atoms with Crippen molar-refractivity contribution in [3.05, 3.63) is 29.8 Å². The molecule has 0 spiro atoms. The van der Waals surface area contributed by atoms with Crippen molar-refractivity contribution in [1.29, 1.82) is 0 Å². The first kappa shape index (κ1) is 13.4. The van der Waals surface area contributed by atoms with Gasteiger partial charge in [-0.1, -0.05) is 12.1 Å². The lowest BCUT2D eigenvalue weighted by molar-refractivity contribution is -0.00502. The van der Waals surface area contributed by atoms with Crippen LogP contribution in [0.4, 0.5) is 0 Å². The molecule has 0 saturated carbocycles. The van der Waals surface area contributed by atoms with Crippen molar-refractivity contribution in [3.8, 4) is 5.75 Å². The molecule has 2 rings (SSSR count). The number of rotatable bonds is 4. The van der Waals surface area contributed by atoms with Crippen molar-refractivity contribution in [1.82, 2.24) is 4.90 Å². The summed E-state index contributed by atoms with van der Waals surface area (Å²) in [5.74, 6) is 0.895. The Labute approximate surface area is 109 Å². The Morgan fingerprint density at radius 1 is 1.44 bits per heavy atom. The van der Waals surface area contributed by atoms with Crippen LogP contribution >= 0.6 is 0 Å². The molecule has 1 unspecified atom stereocenters. The molecule has 1 saturated heterocycles. The zero-order valence-corrected chi connectivity index (χ0v) is 11.5. The fourth-order valence-electron chi connectivity index (χ4n) is 2.82. The molecule has 1 atom stereocenters. The number of likely N-dealkylation sites (tertiary alicyclic amines) is 1. The third-order valence-corrected chi connectivity index (χ3v) is 3.70. The number of ether oxygens (including phenoxy) is 1. The van der Waals surface area contributed by atoms with E-state index in [1.807, 2.05) is 26.0 Å². The van der Waals surface area contributed by atoms with Crippen LogP contribution in [0.5, 0.6) is 5.75 Å². The van der Waals surface area contributed by atoms with Gasteiger partial charge in [-0.05, 0) is 50.9 Å². The molecule has 0 radical (unpaired) electrons. The van der Waals surface area contributed by atoms with Gasteiger partial charge < -0.3 is 9.84 Å². The van der Waals surface area contributed by atoms with E-state index in [0.717, 1.165) is 25.3 Å². The SMILES string of the molecule is COc1cccc(CN2CCCC2C(C)(C)O)c1. The summed E-state index contributed by atoms with van der Waals surface area (Å²) in [5.41, 5.74) is 0.612. The third kappa shape index (κ3) is 3.03. The molecule has 0 amide bonds. The highest BCUT2D eigenvalue weighted by Crippen LogP contribution is 2.28. The highest BCUT2D eigenvalue weighted by Gasteiger charge is 2.35. The van der Waals surface area contributed by atoms with Crippen LogP contribution in [0.15, 0.2) is 24.3 Å². The molecule has 1 N–H and O–H groups in total. The fraction of sp³-hybridized carbons (Fsp3) is 0.600. The number of aliphatic hydroxyl groups is 1. The van der Waals surface area contributed by atoms with Crippen molar-refractivity contribution >= 4 is 0 Å². The van der Waals surface area contributed by atoms with Crippen LogP contribution in [-0.2, 0) is 6.54 Å². The monoisotopic (exact) mass is 249 g/mol. The summed E-state index contributed by atoms with van der Waals surface area (Å²) >= 11 is 0. The summed E-state index contributed by atoms with van der Waals surface area (Å²) in [7, 11) is 1.69. The largest absolute Gasteiger partial charge is 0.497 e. The zero-order chi connectivity index (χ0) is 13.2. The quantitative estimate of drug-likeness (QED) is 0.889. The minimum atomic E-state index is -0.630. The van der Waals surface area contributed by atoms with Crippen LogP contribution < -0.4 is 4.74 Å². The Morgan fingerprint density at radius 3 is 2.89 bits per heavy atom. The first-order valence-corrected chi connectivity index (χ1v) is 6.60. The van der Waals surface area contributed by atoms with Gasteiger partial charge in [-0.25, -0.2) is 0 Å². The second-order valence-electron chi connectivity index (χ2n) is 5.63. The maximum atomic E-state index is 10.2. The number of nitrogens with zero attached hydrogens (tertiary/aromatic N) is 1. The van der Waals surface area contributed by atoms with Gasteiger partial charge in [-0.3, -0.25) is 4.90 Å². The lowest BCUT2D eigenvalue weighted by Gasteiger charge is -2.33. The van der Waals surface area contributed by atoms with E-state index in [-0.39, 0.29) is 6.04 Å². The molecular weight excluding hydrogens is 226 g/mol. The highest BCUT2D eigenvalue weighted by atomic mass is 16.5. The third-order valence-electron chi connectivity index (χ3n) is 3.70. The maximum Gasteiger partial charge on any atom is 0.119 e.